The Bertz CT molecular complexity index is 597. The third-order valence-electron chi connectivity index (χ3n) is 2.74. The zero-order chi connectivity index (χ0) is 13.7. The summed E-state index contributed by atoms with van der Waals surface area (Å²) in [5.41, 5.74) is 1.79. The van der Waals surface area contributed by atoms with Crippen LogP contribution in [0.25, 0.3) is 0 Å². The van der Waals surface area contributed by atoms with E-state index in [1.807, 2.05) is 18.3 Å². The first-order chi connectivity index (χ1) is 9.18. The number of nitrogens with one attached hydrogen (secondary N) is 1. The summed E-state index contributed by atoms with van der Waals surface area (Å²) in [6.45, 7) is 3.83. The number of hydrogen-bond acceptors (Lipinski definition) is 4. The largest absolute Gasteiger partial charge is 0.311 e. The normalized spacial score (nSPS) is 10.6. The minimum Gasteiger partial charge on any atom is -0.311 e. The lowest BCUT2D eigenvalue weighted by Gasteiger charge is -2.08. The van der Waals surface area contributed by atoms with E-state index in [9.17, 15) is 4.79 Å². The lowest BCUT2D eigenvalue weighted by atomic mass is 10.3. The Hall–Kier alpha value is -1.53. The number of halogens is 1. The van der Waals surface area contributed by atoms with E-state index in [4.69, 9.17) is 0 Å². The fraction of sp³-hybridized carbons (Fsp3) is 0.308. The van der Waals surface area contributed by atoms with Crippen LogP contribution in [0.1, 0.15) is 11.3 Å². The molecule has 2 heterocycles. The van der Waals surface area contributed by atoms with Crippen LogP contribution in [0, 0.1) is 6.92 Å². The van der Waals surface area contributed by atoms with Crippen molar-refractivity contribution in [2.45, 2.75) is 20.0 Å². The van der Waals surface area contributed by atoms with Gasteiger partial charge in [-0.3, -0.25) is 14.3 Å². The molecule has 19 heavy (non-hydrogen) atoms. The number of aromatic nitrogens is 3. The van der Waals surface area contributed by atoms with E-state index < -0.39 is 0 Å². The molecule has 2 rings (SSSR count). The van der Waals surface area contributed by atoms with Crippen LogP contribution in [0.2, 0.25) is 0 Å². The molecular weight excluding hydrogens is 308 g/mol. The average molecular weight is 323 g/mol. The van der Waals surface area contributed by atoms with Gasteiger partial charge in [0, 0.05) is 32.0 Å². The van der Waals surface area contributed by atoms with Gasteiger partial charge in [-0.2, -0.15) is 0 Å². The van der Waals surface area contributed by atoms with Crippen molar-refractivity contribution in [3.8, 4) is 0 Å². The van der Waals surface area contributed by atoms with E-state index in [1.165, 1.54) is 0 Å². The third-order valence-corrected chi connectivity index (χ3v) is 3.65. The Morgan fingerprint density at radius 2 is 2.32 bits per heavy atom. The Balaban J connectivity index is 1.87. The van der Waals surface area contributed by atoms with E-state index in [1.54, 1.807) is 24.0 Å². The molecule has 0 aromatic carbocycles. The molecule has 6 heteroatoms. The van der Waals surface area contributed by atoms with Crippen molar-refractivity contribution < 1.29 is 0 Å². The van der Waals surface area contributed by atoms with E-state index in [0.717, 1.165) is 12.1 Å². The molecule has 0 saturated heterocycles. The molecule has 0 bridgehead atoms. The van der Waals surface area contributed by atoms with Gasteiger partial charge in [-0.05, 0) is 34.5 Å². The highest BCUT2D eigenvalue weighted by atomic mass is 79.9. The van der Waals surface area contributed by atoms with Gasteiger partial charge in [0.1, 0.15) is 4.47 Å². The van der Waals surface area contributed by atoms with Crippen LogP contribution < -0.4 is 10.9 Å². The zero-order valence-corrected chi connectivity index (χ0v) is 12.2. The molecule has 0 aliphatic carbocycles. The van der Waals surface area contributed by atoms with Crippen LogP contribution in [-0.4, -0.2) is 21.1 Å². The van der Waals surface area contributed by atoms with Gasteiger partial charge in [-0.25, -0.2) is 4.98 Å². The fourth-order valence-electron chi connectivity index (χ4n) is 1.64. The lowest BCUT2D eigenvalue weighted by Crippen LogP contribution is -2.28. The number of aryl methyl sites for hydroxylation is 1. The molecule has 0 fully saturated rings. The van der Waals surface area contributed by atoms with Gasteiger partial charge in [0.25, 0.3) is 5.56 Å². The van der Waals surface area contributed by atoms with Gasteiger partial charge >= 0.3 is 0 Å². The molecule has 0 saturated carbocycles. The molecular formula is C13H15BrN4O. The molecule has 0 radical (unpaired) electrons. The number of hydrogen-bond donors (Lipinski definition) is 1. The van der Waals surface area contributed by atoms with E-state index in [2.05, 4.69) is 31.2 Å². The maximum absolute atomic E-state index is 11.9. The molecule has 1 N–H and O–H groups in total. The third kappa shape index (κ3) is 3.71. The Morgan fingerprint density at radius 1 is 1.47 bits per heavy atom. The minimum absolute atomic E-state index is 0.0457. The van der Waals surface area contributed by atoms with Crippen molar-refractivity contribution in [3.63, 3.8) is 0 Å². The topological polar surface area (TPSA) is 59.8 Å². The lowest BCUT2D eigenvalue weighted by molar-refractivity contribution is 0.575. The highest BCUT2D eigenvalue weighted by Crippen LogP contribution is 2.05. The summed E-state index contributed by atoms with van der Waals surface area (Å²) in [6, 6.07) is 3.92. The zero-order valence-electron chi connectivity index (χ0n) is 10.6. The van der Waals surface area contributed by atoms with Gasteiger partial charge in [-0.15, -0.1) is 0 Å². The van der Waals surface area contributed by atoms with Crippen LogP contribution in [0.4, 0.5) is 0 Å². The van der Waals surface area contributed by atoms with Crippen molar-refractivity contribution in [1.29, 1.82) is 0 Å². The molecule has 0 unspecified atom stereocenters. The second-order valence-electron chi connectivity index (χ2n) is 4.18. The smallest absolute Gasteiger partial charge is 0.267 e. The Labute approximate surface area is 119 Å². The number of rotatable bonds is 5. The average Bonchev–Trinajstić information content (AvgIpc) is 2.44. The highest BCUT2D eigenvalue weighted by molar-refractivity contribution is 9.10. The van der Waals surface area contributed by atoms with Crippen LogP contribution in [0.15, 0.2) is 40.1 Å². The fourth-order valence-corrected chi connectivity index (χ4v) is 1.97. The van der Waals surface area contributed by atoms with Crippen LogP contribution >= 0.6 is 15.9 Å². The molecule has 0 aliphatic heterocycles. The first kappa shape index (κ1) is 13.9. The highest BCUT2D eigenvalue weighted by Gasteiger charge is 2.04. The first-order valence-electron chi connectivity index (χ1n) is 5.99. The number of nitrogens with zero attached hydrogens (tertiary/aromatic N) is 3. The van der Waals surface area contributed by atoms with Crippen LogP contribution in [-0.2, 0) is 13.1 Å². The van der Waals surface area contributed by atoms with Gasteiger partial charge in [0.15, 0.2) is 0 Å². The summed E-state index contributed by atoms with van der Waals surface area (Å²) < 4.78 is 2.12. The summed E-state index contributed by atoms with van der Waals surface area (Å²) in [5, 5.41) is 3.27. The molecule has 0 atom stereocenters. The van der Waals surface area contributed by atoms with Crippen molar-refractivity contribution in [3.05, 3.63) is 56.9 Å². The summed E-state index contributed by atoms with van der Waals surface area (Å²) in [5.74, 6) is 0. The van der Waals surface area contributed by atoms with Gasteiger partial charge < -0.3 is 5.32 Å². The second kappa shape index (κ2) is 6.58. The van der Waals surface area contributed by atoms with Crippen LogP contribution in [0.5, 0.6) is 0 Å². The van der Waals surface area contributed by atoms with E-state index in [-0.39, 0.29) is 5.56 Å². The Kier molecular flexibility index (Phi) is 4.81. The molecule has 0 amide bonds. The van der Waals surface area contributed by atoms with Gasteiger partial charge in [0.05, 0.1) is 12.0 Å². The maximum Gasteiger partial charge on any atom is 0.267 e. The predicted molar refractivity (Wildman–Crippen MR) is 76.9 cm³/mol. The summed E-state index contributed by atoms with van der Waals surface area (Å²) in [6.07, 6.45) is 5.15. The van der Waals surface area contributed by atoms with Gasteiger partial charge in [-0.1, -0.05) is 6.07 Å². The van der Waals surface area contributed by atoms with E-state index >= 15 is 0 Å². The molecule has 2 aromatic rings. The second-order valence-corrected chi connectivity index (χ2v) is 4.97. The maximum atomic E-state index is 11.9. The van der Waals surface area contributed by atoms with Crippen molar-refractivity contribution in [1.82, 2.24) is 19.9 Å². The standard InChI is InChI=1S/C13H15BrN4O/c1-10-12(14)13(19)18(9-17-10)6-5-16-8-11-3-2-4-15-7-11/h2-4,7,9,16H,5-6,8H2,1H3. The van der Waals surface area contributed by atoms with Crippen molar-refractivity contribution >= 4 is 15.9 Å². The summed E-state index contributed by atoms with van der Waals surface area (Å²) in [4.78, 5) is 20.1. The SMILES string of the molecule is Cc1ncn(CCNCc2cccnc2)c(=O)c1Br. The predicted octanol–water partition coefficient (Wildman–Crippen LogP) is 1.50. The van der Waals surface area contributed by atoms with E-state index in [0.29, 0.717) is 23.3 Å². The molecule has 100 valence electrons. The quantitative estimate of drug-likeness (QED) is 0.847. The summed E-state index contributed by atoms with van der Waals surface area (Å²) >= 11 is 3.25. The molecule has 2 aromatic heterocycles. The Morgan fingerprint density at radius 3 is 3.05 bits per heavy atom. The summed E-state index contributed by atoms with van der Waals surface area (Å²) in [7, 11) is 0. The van der Waals surface area contributed by atoms with Crippen molar-refractivity contribution in [2.75, 3.05) is 6.54 Å². The van der Waals surface area contributed by atoms with Gasteiger partial charge in [0.2, 0.25) is 0 Å². The number of pyridine rings is 1. The monoisotopic (exact) mass is 322 g/mol. The minimum atomic E-state index is -0.0457. The molecule has 5 nitrogen and oxygen atoms in total. The first-order valence-corrected chi connectivity index (χ1v) is 6.79. The van der Waals surface area contributed by atoms with Crippen molar-refractivity contribution in [2.24, 2.45) is 0 Å². The molecule has 0 aliphatic rings. The molecule has 0 spiro atoms. The van der Waals surface area contributed by atoms with Crippen LogP contribution in [0.3, 0.4) is 0 Å².